The van der Waals surface area contributed by atoms with Crippen molar-refractivity contribution < 1.29 is 51.7 Å². The number of esters is 1. The molecule has 4 aromatic rings. The van der Waals surface area contributed by atoms with E-state index in [1.54, 1.807) is 12.1 Å². The number of alkyl halides is 3. The van der Waals surface area contributed by atoms with E-state index in [2.05, 4.69) is 10.6 Å². The van der Waals surface area contributed by atoms with E-state index in [-0.39, 0.29) is 26.2 Å². The van der Waals surface area contributed by atoms with Gasteiger partial charge in [-0.1, -0.05) is 103 Å². The van der Waals surface area contributed by atoms with Crippen molar-refractivity contribution >= 4 is 23.8 Å². The second-order valence-corrected chi connectivity index (χ2v) is 11.0. The average molecular weight is 710 g/mol. The molecule has 2 unspecified atom stereocenters. The number of ether oxygens (including phenoxy) is 3. The maximum atomic E-state index is 13.2. The number of nitrogens with two attached hydrogens (primary N) is 1. The van der Waals surface area contributed by atoms with E-state index in [0.717, 1.165) is 22.3 Å². The van der Waals surface area contributed by atoms with Gasteiger partial charge in [-0.15, -0.1) is 0 Å². The van der Waals surface area contributed by atoms with Crippen molar-refractivity contribution in [3.8, 4) is 5.75 Å². The fourth-order valence-corrected chi connectivity index (χ4v) is 4.21. The lowest BCUT2D eigenvalue weighted by molar-refractivity contribution is -0.192. The second-order valence-electron chi connectivity index (χ2n) is 11.0. The number of rotatable bonds is 16. The summed E-state index contributed by atoms with van der Waals surface area (Å²) in [6, 6.07) is 33.8. The zero-order chi connectivity index (χ0) is 37.1. The van der Waals surface area contributed by atoms with Gasteiger partial charge in [0, 0.05) is 6.42 Å². The zero-order valence-electron chi connectivity index (χ0n) is 27.4. The summed E-state index contributed by atoms with van der Waals surface area (Å²) in [5, 5.41) is 12.4. The van der Waals surface area contributed by atoms with Crippen LogP contribution in [0.15, 0.2) is 115 Å². The summed E-state index contributed by atoms with van der Waals surface area (Å²) in [6.07, 6.45) is -4.92. The number of nitrogens with one attached hydrogen (secondary N) is 2. The molecule has 0 aliphatic carbocycles. The van der Waals surface area contributed by atoms with Crippen molar-refractivity contribution in [1.29, 1.82) is 0 Å². The molecule has 5 N–H and O–H groups in total. The third kappa shape index (κ3) is 15.6. The first kappa shape index (κ1) is 39.7. The minimum Gasteiger partial charge on any atom is -0.489 e. The normalized spacial score (nSPS) is 11.9. The smallest absolute Gasteiger partial charge is 0.489 e. The first-order valence-corrected chi connectivity index (χ1v) is 15.6. The number of carbonyl (C=O) groups excluding carboxylic acids is 3. The van der Waals surface area contributed by atoms with E-state index < -0.39 is 42.0 Å². The van der Waals surface area contributed by atoms with Crippen molar-refractivity contribution in [2.24, 2.45) is 5.73 Å². The Hall–Kier alpha value is -5.73. The van der Waals surface area contributed by atoms with Gasteiger partial charge in [0.15, 0.2) is 0 Å². The van der Waals surface area contributed by atoms with Crippen molar-refractivity contribution in [3.63, 3.8) is 0 Å². The minimum atomic E-state index is -5.08. The molecule has 0 saturated carbocycles. The van der Waals surface area contributed by atoms with Gasteiger partial charge in [-0.25, -0.2) is 4.79 Å². The number of carboxylic acids is 1. The summed E-state index contributed by atoms with van der Waals surface area (Å²) >= 11 is 0. The predicted octanol–water partition coefficient (Wildman–Crippen LogP) is 4.33. The number of hydrogen-bond donors (Lipinski definition) is 4. The van der Waals surface area contributed by atoms with E-state index >= 15 is 0 Å². The number of amides is 2. The number of carbonyl (C=O) groups is 4. The molecular formula is C37H38F3N3O8. The van der Waals surface area contributed by atoms with Gasteiger partial charge in [-0.3, -0.25) is 14.4 Å². The molecule has 0 saturated heterocycles. The topological polar surface area (TPSA) is 166 Å². The van der Waals surface area contributed by atoms with Gasteiger partial charge < -0.3 is 35.7 Å². The Morgan fingerprint density at radius 1 is 0.686 bits per heavy atom. The van der Waals surface area contributed by atoms with Crippen LogP contribution in [0.25, 0.3) is 0 Å². The Labute approximate surface area is 292 Å². The number of benzene rings is 4. The summed E-state index contributed by atoms with van der Waals surface area (Å²) in [5.41, 5.74) is 9.68. The van der Waals surface area contributed by atoms with Crippen LogP contribution in [-0.2, 0) is 54.9 Å². The van der Waals surface area contributed by atoms with Gasteiger partial charge in [0.2, 0.25) is 11.8 Å². The molecule has 0 aliphatic rings. The number of aliphatic carboxylic acids is 1. The number of hydrogen-bond acceptors (Lipinski definition) is 8. The zero-order valence-corrected chi connectivity index (χ0v) is 27.4. The molecule has 2 atom stereocenters. The SMILES string of the molecule is NC(COCc1ccccc1)C(=O)NC(Cc1ccc(OCc2ccccc2)cc1)C(=O)NCC(=O)OCc1ccccc1.O=C(O)C(F)(F)F. The second kappa shape index (κ2) is 20.7. The fraction of sp³-hybridized carbons (Fsp3) is 0.243. The molecule has 2 amide bonds. The van der Waals surface area contributed by atoms with E-state index in [1.807, 2.05) is 103 Å². The minimum absolute atomic E-state index is 0.0334. The number of halogens is 3. The maximum absolute atomic E-state index is 13.2. The van der Waals surface area contributed by atoms with Crippen LogP contribution in [0.2, 0.25) is 0 Å². The lowest BCUT2D eigenvalue weighted by atomic mass is 10.0. The average Bonchev–Trinajstić information content (AvgIpc) is 3.13. The Bertz CT molecular complexity index is 1660. The molecular weight excluding hydrogens is 671 g/mol. The summed E-state index contributed by atoms with van der Waals surface area (Å²) in [5.74, 6) is -3.78. The molecule has 14 heteroatoms. The van der Waals surface area contributed by atoms with Crippen molar-refractivity contribution in [1.82, 2.24) is 10.6 Å². The Morgan fingerprint density at radius 2 is 1.18 bits per heavy atom. The molecule has 4 rings (SSSR count). The van der Waals surface area contributed by atoms with Gasteiger partial charge in [-0.2, -0.15) is 13.2 Å². The van der Waals surface area contributed by atoms with Crippen LogP contribution < -0.4 is 21.1 Å². The molecule has 0 aliphatic heterocycles. The standard InChI is InChI=1S/C35H37N3O6.C2HF3O2/c36-31(25-42-22-27-10-4-1-5-11-27)34(40)38-32(35(41)37-21-33(39)44-24-29-14-8-3-9-15-29)20-26-16-18-30(19-17-26)43-23-28-12-6-2-7-13-28;3-2(4,5)1(6)7/h1-19,31-32H,20-25,36H2,(H,37,41)(H,38,40);(H,6,7). The highest BCUT2D eigenvalue weighted by Crippen LogP contribution is 2.16. The van der Waals surface area contributed by atoms with Crippen LogP contribution in [0.3, 0.4) is 0 Å². The van der Waals surface area contributed by atoms with Crippen LogP contribution in [0.5, 0.6) is 5.75 Å². The molecule has 0 aromatic heterocycles. The van der Waals surface area contributed by atoms with Crippen molar-refractivity contribution in [2.75, 3.05) is 13.2 Å². The van der Waals surface area contributed by atoms with Crippen LogP contribution in [0, 0.1) is 0 Å². The molecule has 4 aromatic carbocycles. The molecule has 0 radical (unpaired) electrons. The molecule has 0 bridgehead atoms. The molecule has 0 heterocycles. The highest BCUT2D eigenvalue weighted by molar-refractivity contribution is 5.91. The Balaban J connectivity index is 0.000000908. The maximum Gasteiger partial charge on any atom is 0.490 e. The summed E-state index contributed by atoms with van der Waals surface area (Å²) in [6.45, 7) is 0.429. The fourth-order valence-electron chi connectivity index (χ4n) is 4.21. The summed E-state index contributed by atoms with van der Waals surface area (Å²) < 4.78 is 48.5. The van der Waals surface area contributed by atoms with E-state index in [1.165, 1.54) is 0 Å². The molecule has 51 heavy (non-hydrogen) atoms. The quantitative estimate of drug-likeness (QED) is 0.124. The van der Waals surface area contributed by atoms with Gasteiger partial charge in [0.25, 0.3) is 0 Å². The predicted molar refractivity (Wildman–Crippen MR) is 180 cm³/mol. The highest BCUT2D eigenvalue weighted by atomic mass is 19.4. The van der Waals surface area contributed by atoms with Gasteiger partial charge in [0.05, 0.1) is 13.2 Å². The third-order valence-electron chi connectivity index (χ3n) is 6.88. The van der Waals surface area contributed by atoms with Crippen LogP contribution in [0.4, 0.5) is 13.2 Å². The van der Waals surface area contributed by atoms with Crippen molar-refractivity contribution in [3.05, 3.63) is 138 Å². The van der Waals surface area contributed by atoms with Gasteiger partial charge >= 0.3 is 18.1 Å². The monoisotopic (exact) mass is 709 g/mol. The number of carboxylic acid groups (broad SMARTS) is 1. The van der Waals surface area contributed by atoms with Crippen molar-refractivity contribution in [2.45, 2.75) is 44.5 Å². The molecule has 0 spiro atoms. The molecule has 0 fully saturated rings. The Morgan fingerprint density at radius 3 is 1.69 bits per heavy atom. The van der Waals surface area contributed by atoms with E-state index in [0.29, 0.717) is 19.0 Å². The Kier molecular flexibility index (Phi) is 16.1. The van der Waals surface area contributed by atoms with Crippen LogP contribution in [0.1, 0.15) is 22.3 Å². The van der Waals surface area contributed by atoms with Gasteiger partial charge in [-0.05, 0) is 34.4 Å². The summed E-state index contributed by atoms with van der Waals surface area (Å²) in [7, 11) is 0. The molecule has 11 nitrogen and oxygen atoms in total. The van der Waals surface area contributed by atoms with Crippen LogP contribution >= 0.6 is 0 Å². The lowest BCUT2D eigenvalue weighted by Crippen LogP contribution is -2.54. The highest BCUT2D eigenvalue weighted by Gasteiger charge is 2.38. The van der Waals surface area contributed by atoms with Crippen LogP contribution in [-0.4, -0.2) is 60.3 Å². The van der Waals surface area contributed by atoms with E-state index in [9.17, 15) is 27.6 Å². The van der Waals surface area contributed by atoms with E-state index in [4.69, 9.17) is 29.8 Å². The first-order chi connectivity index (χ1) is 24.4. The molecule has 270 valence electrons. The first-order valence-electron chi connectivity index (χ1n) is 15.6. The summed E-state index contributed by atoms with van der Waals surface area (Å²) in [4.78, 5) is 47.3. The van der Waals surface area contributed by atoms with Gasteiger partial charge in [0.1, 0.15) is 37.6 Å². The third-order valence-corrected chi connectivity index (χ3v) is 6.88. The lowest BCUT2D eigenvalue weighted by Gasteiger charge is -2.21. The largest absolute Gasteiger partial charge is 0.490 e.